The zero-order valence-corrected chi connectivity index (χ0v) is 10.4. The smallest absolute Gasteiger partial charge is 0.272 e. The average Bonchev–Trinajstić information content (AvgIpc) is 2.37. The zero-order valence-electron chi connectivity index (χ0n) is 10.4. The molecular formula is C13H17N3O2. The molecule has 18 heavy (non-hydrogen) atoms. The topological polar surface area (TPSA) is 67.5 Å². The summed E-state index contributed by atoms with van der Waals surface area (Å²) in [7, 11) is 0. The highest BCUT2D eigenvalue weighted by atomic mass is 16.6. The molecule has 0 aliphatic heterocycles. The number of nitro groups is 1. The van der Waals surface area contributed by atoms with Gasteiger partial charge in [0.1, 0.15) is 5.69 Å². The van der Waals surface area contributed by atoms with Crippen LogP contribution in [0.5, 0.6) is 0 Å². The Balaban J connectivity index is 2.10. The first-order chi connectivity index (χ1) is 8.66. The highest BCUT2D eigenvalue weighted by molar-refractivity contribution is 5.86. The van der Waals surface area contributed by atoms with Gasteiger partial charge in [0.25, 0.3) is 5.69 Å². The Kier molecular flexibility index (Phi) is 3.92. The largest absolute Gasteiger partial charge is 0.294 e. The van der Waals surface area contributed by atoms with Gasteiger partial charge in [-0.2, -0.15) is 5.10 Å². The Hall–Kier alpha value is -1.91. The van der Waals surface area contributed by atoms with Gasteiger partial charge in [0.2, 0.25) is 0 Å². The Morgan fingerprint density at radius 3 is 2.94 bits per heavy atom. The second-order valence-corrected chi connectivity index (χ2v) is 4.77. The minimum absolute atomic E-state index is 0.0608. The maximum absolute atomic E-state index is 10.8. The number of hydrogen-bond donors (Lipinski definition) is 1. The fourth-order valence-corrected chi connectivity index (χ4v) is 2.23. The molecule has 1 aromatic carbocycles. The lowest BCUT2D eigenvalue weighted by molar-refractivity contribution is -0.384. The molecular weight excluding hydrogens is 230 g/mol. The standard InChI is InChI=1S/C13H17N3O2/c1-10-5-4-6-11(9-10)14-15-12-7-2-3-8-13(12)16(17)18/h2-3,7-8,10,15H,4-6,9H2,1H3/t10-/m1/s1. The Bertz CT molecular complexity index is 471. The van der Waals surface area contributed by atoms with Crippen LogP contribution in [0.25, 0.3) is 0 Å². The number of nitrogens with zero attached hydrogens (tertiary/aromatic N) is 2. The number of nitro benzene ring substituents is 1. The third-order valence-corrected chi connectivity index (χ3v) is 3.18. The Labute approximate surface area is 106 Å². The van der Waals surface area contributed by atoms with Crippen molar-refractivity contribution in [3.63, 3.8) is 0 Å². The van der Waals surface area contributed by atoms with Crippen molar-refractivity contribution in [1.82, 2.24) is 0 Å². The van der Waals surface area contributed by atoms with Crippen molar-refractivity contribution in [3.05, 3.63) is 34.4 Å². The van der Waals surface area contributed by atoms with E-state index in [1.165, 1.54) is 12.5 Å². The SMILES string of the molecule is C[C@@H]1CCCC(=NNc2ccccc2[N+](=O)[O-])C1. The van der Waals surface area contributed by atoms with Gasteiger partial charge in [-0.1, -0.05) is 19.1 Å². The Morgan fingerprint density at radius 1 is 1.44 bits per heavy atom. The van der Waals surface area contributed by atoms with Gasteiger partial charge in [-0.3, -0.25) is 15.5 Å². The highest BCUT2D eigenvalue weighted by Gasteiger charge is 2.15. The van der Waals surface area contributed by atoms with E-state index in [0.29, 0.717) is 11.6 Å². The molecule has 1 N–H and O–H groups in total. The van der Waals surface area contributed by atoms with E-state index in [0.717, 1.165) is 25.0 Å². The molecule has 5 nitrogen and oxygen atoms in total. The molecule has 0 unspecified atom stereocenters. The zero-order chi connectivity index (χ0) is 13.0. The summed E-state index contributed by atoms with van der Waals surface area (Å²) >= 11 is 0. The van der Waals surface area contributed by atoms with Crippen LogP contribution >= 0.6 is 0 Å². The molecule has 0 saturated heterocycles. The van der Waals surface area contributed by atoms with E-state index in [2.05, 4.69) is 17.5 Å². The predicted octanol–water partition coefficient (Wildman–Crippen LogP) is 3.57. The minimum Gasteiger partial charge on any atom is -0.272 e. The molecule has 5 heteroatoms. The van der Waals surface area contributed by atoms with Crippen LogP contribution in [-0.4, -0.2) is 10.6 Å². The van der Waals surface area contributed by atoms with E-state index in [1.54, 1.807) is 18.2 Å². The Morgan fingerprint density at radius 2 is 2.22 bits per heavy atom. The molecule has 1 aromatic rings. The van der Waals surface area contributed by atoms with Crippen LogP contribution < -0.4 is 5.43 Å². The van der Waals surface area contributed by atoms with Crippen LogP contribution in [0.4, 0.5) is 11.4 Å². The van der Waals surface area contributed by atoms with Crippen molar-refractivity contribution >= 4 is 17.1 Å². The van der Waals surface area contributed by atoms with Crippen LogP contribution in [-0.2, 0) is 0 Å². The van der Waals surface area contributed by atoms with Crippen molar-refractivity contribution in [2.24, 2.45) is 11.0 Å². The average molecular weight is 247 g/mol. The third kappa shape index (κ3) is 3.06. The summed E-state index contributed by atoms with van der Waals surface area (Å²) in [5.41, 5.74) is 4.45. The van der Waals surface area contributed by atoms with Gasteiger partial charge in [0.05, 0.1) is 4.92 Å². The summed E-state index contributed by atoms with van der Waals surface area (Å²) in [6.45, 7) is 2.21. The van der Waals surface area contributed by atoms with Crippen molar-refractivity contribution in [2.75, 3.05) is 5.43 Å². The molecule has 1 aliphatic carbocycles. The summed E-state index contributed by atoms with van der Waals surface area (Å²) in [6, 6.07) is 6.57. The van der Waals surface area contributed by atoms with Crippen molar-refractivity contribution in [1.29, 1.82) is 0 Å². The van der Waals surface area contributed by atoms with E-state index in [1.807, 2.05) is 0 Å². The predicted molar refractivity (Wildman–Crippen MR) is 71.8 cm³/mol. The lowest BCUT2D eigenvalue weighted by atomic mass is 9.89. The lowest BCUT2D eigenvalue weighted by Gasteiger charge is -2.19. The van der Waals surface area contributed by atoms with E-state index in [9.17, 15) is 10.1 Å². The van der Waals surface area contributed by atoms with Gasteiger partial charge < -0.3 is 0 Å². The number of rotatable bonds is 3. The van der Waals surface area contributed by atoms with E-state index in [4.69, 9.17) is 0 Å². The molecule has 0 radical (unpaired) electrons. The van der Waals surface area contributed by atoms with Crippen molar-refractivity contribution in [2.45, 2.75) is 32.6 Å². The first kappa shape index (κ1) is 12.5. The number of anilines is 1. The van der Waals surface area contributed by atoms with Crippen LogP contribution in [0.15, 0.2) is 29.4 Å². The fraction of sp³-hybridized carbons (Fsp3) is 0.462. The van der Waals surface area contributed by atoms with Crippen LogP contribution in [0.1, 0.15) is 32.6 Å². The second-order valence-electron chi connectivity index (χ2n) is 4.77. The molecule has 0 aromatic heterocycles. The molecule has 0 amide bonds. The molecule has 0 spiro atoms. The molecule has 0 bridgehead atoms. The molecule has 0 heterocycles. The van der Waals surface area contributed by atoms with Crippen molar-refractivity contribution < 1.29 is 4.92 Å². The lowest BCUT2D eigenvalue weighted by Crippen LogP contribution is -2.14. The van der Waals surface area contributed by atoms with E-state index < -0.39 is 4.92 Å². The minimum atomic E-state index is -0.397. The molecule has 1 aliphatic rings. The van der Waals surface area contributed by atoms with Crippen LogP contribution in [0, 0.1) is 16.0 Å². The van der Waals surface area contributed by atoms with Crippen LogP contribution in [0.3, 0.4) is 0 Å². The van der Waals surface area contributed by atoms with Gasteiger partial charge in [0, 0.05) is 11.8 Å². The summed E-state index contributed by atoms with van der Waals surface area (Å²) < 4.78 is 0. The fourth-order valence-electron chi connectivity index (χ4n) is 2.23. The highest BCUT2D eigenvalue weighted by Crippen LogP contribution is 2.25. The molecule has 1 saturated carbocycles. The van der Waals surface area contributed by atoms with Gasteiger partial charge in [0.15, 0.2) is 0 Å². The first-order valence-corrected chi connectivity index (χ1v) is 6.21. The summed E-state index contributed by atoms with van der Waals surface area (Å²) in [6.07, 6.45) is 4.36. The molecule has 2 rings (SSSR count). The maximum atomic E-state index is 10.8. The van der Waals surface area contributed by atoms with Gasteiger partial charge in [-0.25, -0.2) is 0 Å². The molecule has 1 atom stereocenters. The molecule has 1 fully saturated rings. The summed E-state index contributed by atoms with van der Waals surface area (Å²) in [5.74, 6) is 0.657. The summed E-state index contributed by atoms with van der Waals surface area (Å²) in [4.78, 5) is 10.4. The third-order valence-electron chi connectivity index (χ3n) is 3.18. The maximum Gasteiger partial charge on any atom is 0.294 e. The van der Waals surface area contributed by atoms with Crippen molar-refractivity contribution in [3.8, 4) is 0 Å². The monoisotopic (exact) mass is 247 g/mol. The normalized spacial score (nSPS) is 21.8. The van der Waals surface area contributed by atoms with E-state index in [-0.39, 0.29) is 5.69 Å². The molecule has 96 valence electrons. The van der Waals surface area contributed by atoms with E-state index >= 15 is 0 Å². The van der Waals surface area contributed by atoms with Gasteiger partial charge in [-0.15, -0.1) is 0 Å². The quantitative estimate of drug-likeness (QED) is 0.655. The number of nitrogens with one attached hydrogen (secondary N) is 1. The number of para-hydroxylation sites is 2. The number of hydrogen-bond acceptors (Lipinski definition) is 4. The van der Waals surface area contributed by atoms with Gasteiger partial charge in [-0.05, 0) is 37.7 Å². The summed E-state index contributed by atoms with van der Waals surface area (Å²) in [5, 5.41) is 15.2. The van der Waals surface area contributed by atoms with Crippen LogP contribution in [0.2, 0.25) is 0 Å². The number of benzene rings is 1. The first-order valence-electron chi connectivity index (χ1n) is 6.21. The van der Waals surface area contributed by atoms with Gasteiger partial charge >= 0.3 is 0 Å². The second kappa shape index (κ2) is 5.62. The number of hydrazone groups is 1.